The summed E-state index contributed by atoms with van der Waals surface area (Å²) < 4.78 is 12.0. The van der Waals surface area contributed by atoms with Crippen LogP contribution in [0.15, 0.2) is 87.8 Å². The first kappa shape index (κ1) is 19.3. The van der Waals surface area contributed by atoms with Gasteiger partial charge < -0.3 is 14.5 Å². The summed E-state index contributed by atoms with van der Waals surface area (Å²) in [7, 11) is 1.62. The van der Waals surface area contributed by atoms with Gasteiger partial charge >= 0.3 is 0 Å². The Hall–Kier alpha value is -3.64. The molecule has 31 heavy (non-hydrogen) atoms. The van der Waals surface area contributed by atoms with Crippen molar-refractivity contribution in [1.29, 1.82) is 0 Å². The molecule has 4 aromatic carbocycles. The summed E-state index contributed by atoms with van der Waals surface area (Å²) in [5.74, 6) is 1.08. The smallest absolute Gasteiger partial charge is 0.256 e. The number of ether oxygens (including phenoxy) is 1. The molecule has 5 rings (SSSR count). The highest BCUT2D eigenvalue weighted by Gasteiger charge is 2.13. The molecule has 0 bridgehead atoms. The summed E-state index contributed by atoms with van der Waals surface area (Å²) >= 11 is 3.54. The van der Waals surface area contributed by atoms with E-state index in [1.807, 2.05) is 78.9 Å². The number of aromatic nitrogens is 1. The highest BCUT2D eigenvalue weighted by atomic mass is 79.9. The van der Waals surface area contributed by atoms with E-state index in [9.17, 15) is 4.79 Å². The quantitative estimate of drug-likeness (QED) is 0.317. The molecule has 0 fully saturated rings. The van der Waals surface area contributed by atoms with Gasteiger partial charge in [-0.05, 0) is 59.3 Å². The lowest BCUT2D eigenvalue weighted by atomic mass is 10.0. The second kappa shape index (κ2) is 7.89. The molecule has 0 saturated carbocycles. The Morgan fingerprint density at radius 3 is 2.55 bits per heavy atom. The van der Waals surface area contributed by atoms with Crippen molar-refractivity contribution in [2.75, 3.05) is 12.4 Å². The van der Waals surface area contributed by atoms with E-state index in [1.165, 1.54) is 0 Å². The van der Waals surface area contributed by atoms with Crippen LogP contribution in [0.3, 0.4) is 0 Å². The molecule has 1 heterocycles. The molecule has 5 aromatic rings. The van der Waals surface area contributed by atoms with Crippen molar-refractivity contribution in [2.45, 2.75) is 0 Å². The summed E-state index contributed by atoms with van der Waals surface area (Å²) in [6.07, 6.45) is 0. The normalized spacial score (nSPS) is 11.0. The number of halogens is 1. The van der Waals surface area contributed by atoms with Crippen LogP contribution < -0.4 is 10.1 Å². The Morgan fingerprint density at radius 2 is 1.74 bits per heavy atom. The molecule has 0 unspecified atom stereocenters. The van der Waals surface area contributed by atoms with Gasteiger partial charge in [-0.15, -0.1) is 0 Å². The van der Waals surface area contributed by atoms with Crippen molar-refractivity contribution < 1.29 is 13.9 Å². The van der Waals surface area contributed by atoms with E-state index in [4.69, 9.17) is 9.15 Å². The number of hydrogen-bond acceptors (Lipinski definition) is 4. The van der Waals surface area contributed by atoms with Gasteiger partial charge in [-0.1, -0.05) is 40.2 Å². The third-order valence-electron chi connectivity index (χ3n) is 5.10. The van der Waals surface area contributed by atoms with Gasteiger partial charge in [0.2, 0.25) is 5.89 Å². The molecule has 152 valence electrons. The number of carbonyl (C=O) groups is 1. The summed E-state index contributed by atoms with van der Waals surface area (Å²) in [6.45, 7) is 0. The van der Waals surface area contributed by atoms with E-state index >= 15 is 0 Å². The Kier molecular flexibility index (Phi) is 4.92. The number of anilines is 1. The van der Waals surface area contributed by atoms with Crippen LogP contribution in [-0.2, 0) is 0 Å². The van der Waals surface area contributed by atoms with E-state index in [0.717, 1.165) is 32.1 Å². The van der Waals surface area contributed by atoms with Crippen molar-refractivity contribution in [3.63, 3.8) is 0 Å². The number of methoxy groups -OCH3 is 1. The first-order valence-electron chi connectivity index (χ1n) is 9.66. The molecule has 1 aromatic heterocycles. The van der Waals surface area contributed by atoms with Crippen LogP contribution in [0, 0.1) is 0 Å². The Balaban J connectivity index is 1.40. The molecule has 0 aliphatic heterocycles. The van der Waals surface area contributed by atoms with E-state index in [0.29, 0.717) is 22.7 Å². The maximum atomic E-state index is 12.9. The van der Waals surface area contributed by atoms with Crippen molar-refractivity contribution in [3.05, 3.63) is 88.9 Å². The second-order valence-corrected chi connectivity index (χ2v) is 7.88. The predicted octanol–water partition coefficient (Wildman–Crippen LogP) is 6.67. The van der Waals surface area contributed by atoms with Gasteiger partial charge in [0.15, 0.2) is 5.58 Å². The first-order valence-corrected chi connectivity index (χ1v) is 10.5. The molecule has 0 saturated heterocycles. The summed E-state index contributed by atoms with van der Waals surface area (Å²) in [4.78, 5) is 17.4. The number of nitrogens with one attached hydrogen (secondary N) is 1. The number of fused-ring (bicyclic) bond motifs is 2. The van der Waals surface area contributed by atoms with E-state index in [1.54, 1.807) is 7.11 Å². The van der Waals surface area contributed by atoms with Crippen LogP contribution in [0.1, 0.15) is 10.4 Å². The molecule has 0 aliphatic rings. The third kappa shape index (κ3) is 3.66. The van der Waals surface area contributed by atoms with Crippen LogP contribution >= 0.6 is 15.9 Å². The van der Waals surface area contributed by atoms with Gasteiger partial charge in [0.25, 0.3) is 5.91 Å². The van der Waals surface area contributed by atoms with Gasteiger partial charge in [0.1, 0.15) is 11.3 Å². The number of carbonyl (C=O) groups excluding carboxylic acids is 1. The lowest BCUT2D eigenvalue weighted by Gasteiger charge is -2.09. The average molecular weight is 473 g/mol. The average Bonchev–Trinajstić information content (AvgIpc) is 3.23. The van der Waals surface area contributed by atoms with Crippen LogP contribution in [0.25, 0.3) is 33.3 Å². The highest BCUT2D eigenvalue weighted by molar-refractivity contribution is 9.10. The Labute approximate surface area is 186 Å². The zero-order valence-corrected chi connectivity index (χ0v) is 18.1. The van der Waals surface area contributed by atoms with Gasteiger partial charge in [-0.2, -0.15) is 0 Å². The summed E-state index contributed by atoms with van der Waals surface area (Å²) in [5, 5.41) is 4.86. The van der Waals surface area contributed by atoms with Crippen molar-refractivity contribution in [2.24, 2.45) is 0 Å². The minimum Gasteiger partial charge on any atom is -0.497 e. The van der Waals surface area contributed by atoms with Crippen LogP contribution in [0.2, 0.25) is 0 Å². The molecule has 1 amide bonds. The van der Waals surface area contributed by atoms with E-state index in [-0.39, 0.29) is 5.91 Å². The SMILES string of the molecule is COc1ccc2oc(-c3ccc(NC(=O)c4cccc5c(Br)cccc45)cc3)nc2c1. The monoisotopic (exact) mass is 472 g/mol. The lowest BCUT2D eigenvalue weighted by Crippen LogP contribution is -2.12. The number of hydrogen-bond donors (Lipinski definition) is 1. The maximum Gasteiger partial charge on any atom is 0.256 e. The number of rotatable bonds is 4. The number of benzene rings is 4. The number of nitrogens with zero attached hydrogens (tertiary/aromatic N) is 1. The van der Waals surface area contributed by atoms with Crippen molar-refractivity contribution in [1.82, 2.24) is 4.98 Å². The molecule has 0 atom stereocenters. The minimum atomic E-state index is -0.162. The number of oxazole rings is 1. The van der Waals surface area contributed by atoms with Gasteiger partial charge in [-0.3, -0.25) is 4.79 Å². The lowest BCUT2D eigenvalue weighted by molar-refractivity contribution is 0.102. The van der Waals surface area contributed by atoms with E-state index in [2.05, 4.69) is 26.2 Å². The molecule has 0 spiro atoms. The molecular weight excluding hydrogens is 456 g/mol. The molecular formula is C25H17BrN2O3. The first-order chi connectivity index (χ1) is 15.1. The molecule has 1 N–H and O–H groups in total. The van der Waals surface area contributed by atoms with E-state index < -0.39 is 0 Å². The molecule has 0 aliphatic carbocycles. The summed E-state index contributed by atoms with van der Waals surface area (Å²) in [5.41, 5.74) is 3.56. The fourth-order valence-electron chi connectivity index (χ4n) is 3.52. The highest BCUT2D eigenvalue weighted by Crippen LogP contribution is 2.29. The second-order valence-electron chi connectivity index (χ2n) is 7.02. The molecule has 6 heteroatoms. The zero-order valence-electron chi connectivity index (χ0n) is 16.6. The predicted molar refractivity (Wildman–Crippen MR) is 126 cm³/mol. The fourth-order valence-corrected chi connectivity index (χ4v) is 4.02. The Morgan fingerprint density at radius 1 is 0.968 bits per heavy atom. The fraction of sp³-hybridized carbons (Fsp3) is 0.0400. The standard InChI is InChI=1S/C25H17BrN2O3/c1-30-17-12-13-23-22(14-17)28-25(31-23)15-8-10-16(11-9-15)27-24(29)20-6-2-5-19-18(20)4-3-7-21(19)26/h2-14H,1H3,(H,27,29). The van der Waals surface area contributed by atoms with Crippen molar-refractivity contribution >= 4 is 49.4 Å². The topological polar surface area (TPSA) is 64.4 Å². The Bertz CT molecular complexity index is 1420. The summed E-state index contributed by atoms with van der Waals surface area (Å²) in [6, 6.07) is 24.4. The van der Waals surface area contributed by atoms with Crippen LogP contribution in [0.5, 0.6) is 5.75 Å². The van der Waals surface area contributed by atoms with Gasteiger partial charge in [0, 0.05) is 27.4 Å². The van der Waals surface area contributed by atoms with Gasteiger partial charge in [0.05, 0.1) is 7.11 Å². The van der Waals surface area contributed by atoms with Gasteiger partial charge in [-0.25, -0.2) is 4.98 Å². The van der Waals surface area contributed by atoms with Crippen molar-refractivity contribution in [3.8, 4) is 17.2 Å². The molecule has 5 nitrogen and oxygen atoms in total. The zero-order chi connectivity index (χ0) is 21.4. The maximum absolute atomic E-state index is 12.9. The van der Waals surface area contributed by atoms with Crippen LogP contribution in [-0.4, -0.2) is 18.0 Å². The molecule has 0 radical (unpaired) electrons. The largest absolute Gasteiger partial charge is 0.497 e. The number of amides is 1. The minimum absolute atomic E-state index is 0.162. The van der Waals surface area contributed by atoms with Crippen LogP contribution in [0.4, 0.5) is 5.69 Å². The third-order valence-corrected chi connectivity index (χ3v) is 5.79.